The van der Waals surface area contributed by atoms with E-state index < -0.39 is 10.2 Å². The van der Waals surface area contributed by atoms with E-state index in [4.69, 9.17) is 34.8 Å². The number of hydrogen-bond donors (Lipinski definition) is 0. The van der Waals surface area contributed by atoms with Gasteiger partial charge in [0, 0.05) is 0 Å². The van der Waals surface area contributed by atoms with Crippen LogP contribution in [0.15, 0.2) is 0 Å². The average Bonchev–Trinajstić information content (AvgIpc) is 1.25. The van der Waals surface area contributed by atoms with Crippen molar-refractivity contribution in [2.45, 2.75) is 10.2 Å². The van der Waals surface area contributed by atoms with Gasteiger partial charge in [0.15, 0.2) is 4.30 Å². The number of alkyl halides is 6. The first-order valence-corrected chi connectivity index (χ1v) is 3.06. The van der Waals surface area contributed by atoms with Gasteiger partial charge in [-0.1, -0.05) is 46.4 Å². The molecule has 0 fully saturated rings. The molecule has 0 aromatic carbocycles. The Bertz CT molecular complexity index is 27.5. The van der Waals surface area contributed by atoms with Crippen LogP contribution < -0.4 is 0 Å². The third-order valence-electron chi connectivity index (χ3n) is 0. The molecule has 0 nitrogen and oxygen atoms in total. The van der Waals surface area contributed by atoms with E-state index in [0.29, 0.717) is 0 Å². The molecule has 0 saturated carbocycles. The Kier molecular flexibility index (Phi) is 11.8. The van der Waals surface area contributed by atoms with Crippen molar-refractivity contribution in [1.29, 1.82) is 0 Å². The summed E-state index contributed by atoms with van der Waals surface area (Å²) in [6, 6.07) is 0. The molecule has 0 aliphatic rings. The Morgan fingerprint density at radius 1 is 0.875 bits per heavy atom. The van der Waals surface area contributed by atoms with Crippen molar-refractivity contribution < 1.29 is 8.78 Å². The summed E-state index contributed by atoms with van der Waals surface area (Å²) in [5.74, 6) is -2.69. The molecule has 0 aromatic heterocycles. The van der Waals surface area contributed by atoms with Gasteiger partial charge in [-0.3, -0.25) is 0 Å². The van der Waals surface area contributed by atoms with Gasteiger partial charge >= 0.3 is 5.88 Å². The first-order chi connectivity index (χ1) is 3.46. The van der Waals surface area contributed by atoms with Gasteiger partial charge in [-0.2, -0.15) is 8.78 Å². The Morgan fingerprint density at radius 2 is 0.875 bits per heavy atom. The summed E-state index contributed by atoms with van der Waals surface area (Å²) >= 11 is 18.4. The maximum absolute atomic E-state index is 10.1. The standard InChI is InChI=1S/CHCl3.CHClF2/c2*2-1(3)4/h2*1H. The SMILES string of the molecule is ClC(Cl)Cl.FC(F)Cl. The first kappa shape index (κ1) is 11.8. The lowest BCUT2D eigenvalue weighted by Gasteiger charge is -1.69. The third-order valence-corrected chi connectivity index (χ3v) is 0. The molecule has 0 unspecified atom stereocenters. The van der Waals surface area contributed by atoms with Crippen molar-refractivity contribution in [2.75, 3.05) is 0 Å². The van der Waals surface area contributed by atoms with E-state index in [1.165, 1.54) is 0 Å². The van der Waals surface area contributed by atoms with Crippen molar-refractivity contribution in [2.24, 2.45) is 0 Å². The van der Waals surface area contributed by atoms with Crippen LogP contribution in [-0.4, -0.2) is 10.2 Å². The molecule has 52 valence electrons. The predicted octanol–water partition coefficient (Wildman–Crippen LogP) is 3.43. The minimum Gasteiger partial charge on any atom is -0.192 e. The summed E-state index contributed by atoms with van der Waals surface area (Å²) in [7, 11) is 0. The average molecular weight is 206 g/mol. The smallest absolute Gasteiger partial charge is 0.192 e. The van der Waals surface area contributed by atoms with Gasteiger partial charge in [-0.25, -0.2) is 0 Å². The van der Waals surface area contributed by atoms with Gasteiger partial charge < -0.3 is 0 Å². The summed E-state index contributed by atoms with van der Waals surface area (Å²) in [6.07, 6.45) is 0. The van der Waals surface area contributed by atoms with E-state index in [1.807, 2.05) is 0 Å². The molecule has 0 aliphatic heterocycles. The highest BCUT2D eigenvalue weighted by Gasteiger charge is 1.83. The monoisotopic (exact) mass is 204 g/mol. The number of rotatable bonds is 0. The van der Waals surface area contributed by atoms with Crippen LogP contribution in [0.3, 0.4) is 0 Å². The Hall–Kier alpha value is 1.02. The Labute approximate surface area is 65.7 Å². The highest BCUT2D eigenvalue weighted by Crippen LogP contribution is 2.03. The van der Waals surface area contributed by atoms with Gasteiger partial charge in [0.2, 0.25) is 0 Å². The molecule has 0 bridgehead atoms. The van der Waals surface area contributed by atoms with Crippen LogP contribution in [0, 0.1) is 0 Å². The van der Waals surface area contributed by atoms with Crippen molar-refractivity contribution in [3.8, 4) is 0 Å². The quantitative estimate of drug-likeness (QED) is 0.532. The largest absolute Gasteiger partial charge is 0.312 e. The maximum atomic E-state index is 10.1. The molecule has 0 rings (SSSR count). The van der Waals surface area contributed by atoms with Gasteiger partial charge in [0.1, 0.15) is 0 Å². The van der Waals surface area contributed by atoms with Crippen molar-refractivity contribution >= 4 is 46.4 Å². The Morgan fingerprint density at radius 3 is 0.875 bits per heavy atom. The highest BCUT2D eigenvalue weighted by atomic mass is 35.6. The van der Waals surface area contributed by atoms with E-state index in [9.17, 15) is 8.78 Å². The van der Waals surface area contributed by atoms with Crippen LogP contribution in [-0.2, 0) is 0 Å². The molecule has 0 amide bonds. The zero-order valence-electron chi connectivity index (χ0n) is 3.42. The molecule has 0 spiro atoms. The van der Waals surface area contributed by atoms with Crippen LogP contribution >= 0.6 is 46.4 Å². The number of hydrogen-bond acceptors (Lipinski definition) is 0. The van der Waals surface area contributed by atoms with Gasteiger partial charge in [0.05, 0.1) is 0 Å². The van der Waals surface area contributed by atoms with Crippen LogP contribution in [0.2, 0.25) is 0 Å². The fourth-order valence-electron chi connectivity index (χ4n) is 0. The topological polar surface area (TPSA) is 0 Å². The van der Waals surface area contributed by atoms with Gasteiger partial charge in [0.25, 0.3) is 0 Å². The lowest BCUT2D eigenvalue weighted by molar-refractivity contribution is 0.243. The molecule has 0 radical (unpaired) electrons. The molecular formula is C2H2Cl4F2. The second kappa shape index (κ2) is 8.02. The molecular weight excluding hydrogens is 204 g/mol. The van der Waals surface area contributed by atoms with E-state index >= 15 is 0 Å². The highest BCUT2D eigenvalue weighted by molar-refractivity contribution is 6.63. The zero-order valence-corrected chi connectivity index (χ0v) is 6.45. The zero-order chi connectivity index (χ0) is 7.15. The van der Waals surface area contributed by atoms with Crippen LogP contribution in [0.25, 0.3) is 0 Å². The third kappa shape index (κ3) is 245. The van der Waals surface area contributed by atoms with Crippen LogP contribution in [0.4, 0.5) is 8.78 Å². The fraction of sp³-hybridized carbons (Fsp3) is 1.00. The fourth-order valence-corrected chi connectivity index (χ4v) is 0. The first-order valence-electron chi connectivity index (χ1n) is 1.31. The minimum absolute atomic E-state index is 0.750. The normalized spacial score (nSPS) is 9.00. The van der Waals surface area contributed by atoms with Crippen LogP contribution in [0.5, 0.6) is 0 Å². The lowest BCUT2D eigenvalue weighted by atomic mass is 11.7. The van der Waals surface area contributed by atoms with Crippen molar-refractivity contribution in [1.82, 2.24) is 0 Å². The van der Waals surface area contributed by atoms with Crippen molar-refractivity contribution in [3.63, 3.8) is 0 Å². The summed E-state index contributed by atoms with van der Waals surface area (Å²) in [6.45, 7) is 0. The second-order valence-electron chi connectivity index (χ2n) is 0.495. The molecule has 0 N–H and O–H groups in total. The molecule has 0 saturated heterocycles. The summed E-state index contributed by atoms with van der Waals surface area (Å²) < 4.78 is 19.4. The van der Waals surface area contributed by atoms with E-state index in [2.05, 4.69) is 11.6 Å². The maximum Gasteiger partial charge on any atom is 0.312 e. The molecule has 6 heteroatoms. The predicted molar refractivity (Wildman–Crippen MR) is 33.2 cm³/mol. The van der Waals surface area contributed by atoms with E-state index in [-0.39, 0.29) is 0 Å². The summed E-state index contributed by atoms with van der Waals surface area (Å²) in [5, 5.41) is 0. The summed E-state index contributed by atoms with van der Waals surface area (Å²) in [5.41, 5.74) is 0. The van der Waals surface area contributed by atoms with Gasteiger partial charge in [-0.05, 0) is 0 Å². The molecule has 0 aromatic rings. The van der Waals surface area contributed by atoms with E-state index in [0.717, 1.165) is 0 Å². The lowest BCUT2D eigenvalue weighted by Crippen LogP contribution is -1.62. The van der Waals surface area contributed by atoms with E-state index in [1.54, 1.807) is 0 Å². The second-order valence-corrected chi connectivity index (χ2v) is 2.80. The Balaban J connectivity index is 0. The molecule has 0 aliphatic carbocycles. The molecule has 8 heavy (non-hydrogen) atoms. The molecule has 0 heterocycles. The van der Waals surface area contributed by atoms with Crippen LogP contribution in [0.1, 0.15) is 0 Å². The van der Waals surface area contributed by atoms with Crippen molar-refractivity contribution in [3.05, 3.63) is 0 Å². The summed E-state index contributed by atoms with van der Waals surface area (Å²) in [4.78, 5) is 0. The number of halogens is 6. The minimum atomic E-state index is -2.69. The van der Waals surface area contributed by atoms with Gasteiger partial charge in [-0.15, -0.1) is 0 Å². The molecule has 0 atom stereocenters.